The Labute approximate surface area is 69.8 Å². The van der Waals surface area contributed by atoms with E-state index in [1.54, 1.807) is 0 Å². The van der Waals surface area contributed by atoms with Crippen molar-refractivity contribution in [2.24, 2.45) is 0 Å². The van der Waals surface area contributed by atoms with Crippen LogP contribution in [0.3, 0.4) is 0 Å². The van der Waals surface area contributed by atoms with E-state index >= 15 is 0 Å². The van der Waals surface area contributed by atoms with Crippen LogP contribution in [0, 0.1) is 0 Å². The lowest BCUT2D eigenvalue weighted by atomic mass is 10.1. The maximum Gasteiger partial charge on any atom is 0.123 e. The number of hydrogen-bond acceptors (Lipinski definition) is 0. The van der Waals surface area contributed by atoms with Crippen molar-refractivity contribution in [1.29, 1.82) is 0 Å². The van der Waals surface area contributed by atoms with Gasteiger partial charge in [-0.1, -0.05) is 37.4 Å². The van der Waals surface area contributed by atoms with Crippen molar-refractivity contribution in [3.63, 3.8) is 0 Å². The largest absolute Gasteiger partial charge is 0.207 e. The molecule has 0 fully saturated rings. The topological polar surface area (TPSA) is 0 Å². The minimum Gasteiger partial charge on any atom is -0.207 e. The molecule has 62 valence electrons. The molecule has 0 N–H and O–H groups in total. The lowest BCUT2D eigenvalue weighted by Gasteiger charge is -1.98. The third-order valence-electron chi connectivity index (χ3n) is 1.51. The highest BCUT2D eigenvalue weighted by atomic mass is 19.1. The number of benzene rings is 1. The standard InChI is InChI=1S/C10H8F2/c1-7(11)9-3-5-10(6-4-9)8(2)12/h3-6H,1-2H2. The SMILES string of the molecule is C=C(F)c1ccc(C(=C)F)cc1. The van der Waals surface area contributed by atoms with Crippen LogP contribution in [0.1, 0.15) is 11.1 Å². The number of rotatable bonds is 2. The molecule has 0 radical (unpaired) electrons. The van der Waals surface area contributed by atoms with Crippen molar-refractivity contribution in [2.75, 3.05) is 0 Å². The second kappa shape index (κ2) is 3.30. The van der Waals surface area contributed by atoms with E-state index in [9.17, 15) is 8.78 Å². The Morgan fingerprint density at radius 3 is 1.25 bits per heavy atom. The minimum atomic E-state index is -0.522. The van der Waals surface area contributed by atoms with Gasteiger partial charge in [-0.05, 0) is 0 Å². The second-order valence-electron chi connectivity index (χ2n) is 2.39. The summed E-state index contributed by atoms with van der Waals surface area (Å²) >= 11 is 0. The lowest BCUT2D eigenvalue weighted by molar-refractivity contribution is 0.759. The highest BCUT2D eigenvalue weighted by molar-refractivity contribution is 5.62. The third-order valence-corrected chi connectivity index (χ3v) is 1.51. The van der Waals surface area contributed by atoms with E-state index in [0.29, 0.717) is 11.1 Å². The molecule has 0 aromatic heterocycles. The van der Waals surface area contributed by atoms with Crippen molar-refractivity contribution in [3.8, 4) is 0 Å². The first-order valence-electron chi connectivity index (χ1n) is 3.41. The first kappa shape index (κ1) is 8.65. The van der Waals surface area contributed by atoms with Gasteiger partial charge in [0.2, 0.25) is 0 Å². The Morgan fingerprint density at radius 1 is 0.833 bits per heavy atom. The molecule has 12 heavy (non-hydrogen) atoms. The van der Waals surface area contributed by atoms with Crippen LogP contribution in [-0.4, -0.2) is 0 Å². The first-order valence-corrected chi connectivity index (χ1v) is 3.41. The van der Waals surface area contributed by atoms with Gasteiger partial charge < -0.3 is 0 Å². The Kier molecular flexibility index (Phi) is 2.38. The Morgan fingerprint density at radius 2 is 1.08 bits per heavy atom. The van der Waals surface area contributed by atoms with Gasteiger partial charge in [0.15, 0.2) is 0 Å². The molecule has 1 aromatic rings. The second-order valence-corrected chi connectivity index (χ2v) is 2.39. The maximum absolute atomic E-state index is 12.5. The Bertz CT molecular complexity index is 276. The predicted octanol–water partition coefficient (Wildman–Crippen LogP) is 3.57. The molecule has 0 amide bonds. The molecule has 0 atom stereocenters. The molecule has 0 saturated carbocycles. The highest BCUT2D eigenvalue weighted by Gasteiger charge is 1.98. The lowest BCUT2D eigenvalue weighted by Crippen LogP contribution is -1.79. The molecule has 2 heteroatoms. The summed E-state index contributed by atoms with van der Waals surface area (Å²) in [6.07, 6.45) is 0. The monoisotopic (exact) mass is 166 g/mol. The molecule has 0 spiro atoms. The van der Waals surface area contributed by atoms with Crippen molar-refractivity contribution in [2.45, 2.75) is 0 Å². The van der Waals surface area contributed by atoms with E-state index in [2.05, 4.69) is 13.2 Å². The molecule has 1 aromatic carbocycles. The van der Waals surface area contributed by atoms with Gasteiger partial charge in [0.1, 0.15) is 11.7 Å². The van der Waals surface area contributed by atoms with Crippen LogP contribution < -0.4 is 0 Å². The van der Waals surface area contributed by atoms with Crippen LogP contribution in [0.5, 0.6) is 0 Å². The van der Waals surface area contributed by atoms with Crippen LogP contribution in [0.4, 0.5) is 8.78 Å². The van der Waals surface area contributed by atoms with E-state index in [4.69, 9.17) is 0 Å². The summed E-state index contributed by atoms with van der Waals surface area (Å²) in [6, 6.07) is 5.84. The molecule has 0 aliphatic heterocycles. The molecule has 0 saturated heterocycles. The van der Waals surface area contributed by atoms with Crippen LogP contribution in [0.25, 0.3) is 11.7 Å². The van der Waals surface area contributed by atoms with Gasteiger partial charge in [-0.2, -0.15) is 0 Å². The van der Waals surface area contributed by atoms with Crippen molar-refractivity contribution >= 4 is 11.7 Å². The van der Waals surface area contributed by atoms with Crippen molar-refractivity contribution < 1.29 is 8.78 Å². The molecule has 0 bridgehead atoms. The quantitative estimate of drug-likeness (QED) is 0.630. The van der Waals surface area contributed by atoms with E-state index in [1.165, 1.54) is 24.3 Å². The number of halogens is 2. The normalized spacial score (nSPS) is 9.50. The molecule has 1 rings (SSSR count). The van der Waals surface area contributed by atoms with Crippen molar-refractivity contribution in [3.05, 3.63) is 48.6 Å². The minimum absolute atomic E-state index is 0.361. The molecular weight excluding hydrogens is 158 g/mol. The van der Waals surface area contributed by atoms with Crippen LogP contribution in [0.2, 0.25) is 0 Å². The summed E-state index contributed by atoms with van der Waals surface area (Å²) in [5, 5.41) is 0. The fraction of sp³-hybridized carbons (Fsp3) is 0. The molecule has 0 aliphatic rings. The summed E-state index contributed by atoms with van der Waals surface area (Å²) in [4.78, 5) is 0. The summed E-state index contributed by atoms with van der Waals surface area (Å²) in [7, 11) is 0. The summed E-state index contributed by atoms with van der Waals surface area (Å²) in [5.74, 6) is -1.04. The maximum atomic E-state index is 12.5. The first-order chi connectivity index (χ1) is 5.61. The van der Waals surface area contributed by atoms with Gasteiger partial charge in [-0.25, -0.2) is 8.78 Å². The van der Waals surface area contributed by atoms with Crippen molar-refractivity contribution in [1.82, 2.24) is 0 Å². The van der Waals surface area contributed by atoms with Gasteiger partial charge in [-0.3, -0.25) is 0 Å². The predicted molar refractivity (Wildman–Crippen MR) is 46.7 cm³/mol. The molecule has 0 aliphatic carbocycles. The summed E-state index contributed by atoms with van der Waals surface area (Å²) < 4.78 is 24.9. The van der Waals surface area contributed by atoms with E-state index < -0.39 is 11.7 Å². The van der Waals surface area contributed by atoms with Crippen LogP contribution >= 0.6 is 0 Å². The molecular formula is C10H8F2. The number of hydrogen-bond donors (Lipinski definition) is 0. The fourth-order valence-electron chi connectivity index (χ4n) is 0.832. The van der Waals surface area contributed by atoms with E-state index in [1.807, 2.05) is 0 Å². The smallest absolute Gasteiger partial charge is 0.123 e. The van der Waals surface area contributed by atoms with Gasteiger partial charge in [0.05, 0.1) is 0 Å². The average molecular weight is 166 g/mol. The fourth-order valence-corrected chi connectivity index (χ4v) is 0.832. The summed E-state index contributed by atoms with van der Waals surface area (Å²) in [5.41, 5.74) is 0.722. The van der Waals surface area contributed by atoms with Gasteiger partial charge >= 0.3 is 0 Å². The van der Waals surface area contributed by atoms with Gasteiger partial charge in [0.25, 0.3) is 0 Å². The molecule has 0 heterocycles. The van der Waals surface area contributed by atoms with E-state index in [0.717, 1.165) is 0 Å². The zero-order valence-corrected chi connectivity index (χ0v) is 6.48. The average Bonchev–Trinajstić information content (AvgIpc) is 2.04. The van der Waals surface area contributed by atoms with Gasteiger partial charge in [-0.15, -0.1) is 0 Å². The zero-order chi connectivity index (χ0) is 9.14. The molecule has 0 unspecified atom stereocenters. The van der Waals surface area contributed by atoms with Crippen LogP contribution in [-0.2, 0) is 0 Å². The Hall–Kier alpha value is -1.44. The zero-order valence-electron chi connectivity index (χ0n) is 6.48. The van der Waals surface area contributed by atoms with Gasteiger partial charge in [0, 0.05) is 11.1 Å². The molecule has 0 nitrogen and oxygen atoms in total. The van der Waals surface area contributed by atoms with E-state index in [-0.39, 0.29) is 0 Å². The highest BCUT2D eigenvalue weighted by Crippen LogP contribution is 2.18. The Balaban J connectivity index is 3.01. The third kappa shape index (κ3) is 1.78. The van der Waals surface area contributed by atoms with Crippen LogP contribution in [0.15, 0.2) is 37.4 Å². The summed E-state index contributed by atoms with van der Waals surface area (Å²) in [6.45, 7) is 6.23.